The van der Waals surface area contributed by atoms with Crippen LogP contribution in [0.25, 0.3) is 0 Å². The van der Waals surface area contributed by atoms with E-state index in [2.05, 4.69) is 46.3 Å². The molecule has 2 aliphatic rings. The summed E-state index contributed by atoms with van der Waals surface area (Å²) in [5.74, 6) is -0.849. The van der Waals surface area contributed by atoms with Gasteiger partial charge in [0.05, 0.1) is 24.7 Å². The maximum atomic E-state index is 14.0. The molecule has 0 aromatic heterocycles. The van der Waals surface area contributed by atoms with Crippen molar-refractivity contribution in [1.82, 2.24) is 30.4 Å². The molecule has 6 aromatic rings. The van der Waals surface area contributed by atoms with Crippen LogP contribution in [0.4, 0.5) is 38.5 Å². The van der Waals surface area contributed by atoms with Crippen LogP contribution in [0.15, 0.2) is 158 Å². The number of anilines is 2. The first kappa shape index (κ1) is 56.7. The van der Waals surface area contributed by atoms with E-state index in [1.165, 1.54) is 29.2 Å². The van der Waals surface area contributed by atoms with Gasteiger partial charge >= 0.3 is 18.2 Å². The van der Waals surface area contributed by atoms with Crippen LogP contribution in [0.5, 0.6) is 0 Å². The predicted octanol–water partition coefficient (Wildman–Crippen LogP) is 10.7. The van der Waals surface area contributed by atoms with E-state index >= 15 is 0 Å². The topological polar surface area (TPSA) is 132 Å². The lowest BCUT2D eigenvalue weighted by molar-refractivity contribution is -0.137. The number of benzene rings is 6. The fraction of sp³-hybridized carbons (Fsp3) is 0.310. The van der Waals surface area contributed by atoms with Crippen molar-refractivity contribution in [2.45, 2.75) is 52.8 Å². The molecule has 0 atom stereocenters. The maximum Gasteiger partial charge on any atom is 0.416 e. The Bertz CT molecular complexity index is 2710. The molecule has 0 aliphatic carbocycles. The zero-order valence-electron chi connectivity index (χ0n) is 42.8. The average Bonchev–Trinajstić information content (AvgIpc) is 3.46. The zero-order valence-corrected chi connectivity index (χ0v) is 42.8. The fourth-order valence-electron chi connectivity index (χ4n) is 8.95. The molecule has 75 heavy (non-hydrogen) atoms. The maximum absolute atomic E-state index is 14.0. The van der Waals surface area contributed by atoms with E-state index in [0.29, 0.717) is 68.2 Å². The van der Waals surface area contributed by atoms with Crippen LogP contribution < -0.4 is 20.6 Å². The molecule has 6 amide bonds. The normalized spacial score (nSPS) is 13.9. The standard InChI is InChI=1S/C33H31F3N4O3.C23H29FN4O2.C2H6/c34-33(35,36)28-12-7-13-29(22-28)40(23-24-14-16-27(17-15-24)31(41)37-43)32(42)39-20-18-38(19-21-39)30(25-8-3-1-4-9-25)26-10-5-2-6-11-26;1-3-26-11-13-27(14-12-26)23(30)28(21-6-4-5-19(15-21)16-24)17-18-7-9-20(10-8-18)22(29)25-2;1-2/h1-17,22,30,43H,18-21,23H2,(H,37,41);4-10,15H,3,11-14,16-17H2,1-2H3,(H,25,29);1-2H3. The Morgan fingerprint density at radius 3 is 1.47 bits per heavy atom. The van der Waals surface area contributed by atoms with Gasteiger partial charge in [0.2, 0.25) is 0 Å². The highest BCUT2D eigenvalue weighted by Gasteiger charge is 2.34. The van der Waals surface area contributed by atoms with Crippen molar-refractivity contribution in [3.63, 3.8) is 0 Å². The molecule has 0 unspecified atom stereocenters. The van der Waals surface area contributed by atoms with Gasteiger partial charge in [0.25, 0.3) is 11.8 Å². The van der Waals surface area contributed by atoms with Crippen LogP contribution in [-0.2, 0) is 25.9 Å². The van der Waals surface area contributed by atoms with Crippen molar-refractivity contribution in [3.8, 4) is 0 Å². The number of rotatable bonds is 13. The minimum Gasteiger partial charge on any atom is -0.355 e. The van der Waals surface area contributed by atoms with Gasteiger partial charge in [-0.15, -0.1) is 0 Å². The Hall–Kier alpha value is -7.60. The van der Waals surface area contributed by atoms with Gasteiger partial charge in [0.15, 0.2) is 0 Å². The highest BCUT2D eigenvalue weighted by molar-refractivity contribution is 5.95. The summed E-state index contributed by atoms with van der Waals surface area (Å²) in [6.07, 6.45) is -4.57. The minimum absolute atomic E-state index is 0.00569. The number of nitrogens with one attached hydrogen (secondary N) is 2. The molecular formula is C58H66F4N8O5. The summed E-state index contributed by atoms with van der Waals surface area (Å²) >= 11 is 0. The molecule has 8 rings (SSSR count). The molecule has 3 N–H and O–H groups in total. The lowest BCUT2D eigenvalue weighted by atomic mass is 9.96. The SMILES string of the molecule is CC.CCN1CCN(C(=O)N(Cc2ccc(C(=O)NC)cc2)c2cccc(CF)c2)CC1.O=C(NO)c1ccc(CN(C(=O)N2CCN(C(c3ccccc3)c3ccccc3)CC2)c2cccc(C(F)(F)F)c2)cc1. The smallest absolute Gasteiger partial charge is 0.355 e. The molecular weight excluding hydrogens is 965 g/mol. The number of nitrogens with zero attached hydrogens (tertiary/aromatic N) is 6. The van der Waals surface area contributed by atoms with Gasteiger partial charge < -0.3 is 20.0 Å². The number of alkyl halides is 4. The molecule has 13 nitrogen and oxygen atoms in total. The van der Waals surface area contributed by atoms with E-state index < -0.39 is 30.4 Å². The van der Waals surface area contributed by atoms with Gasteiger partial charge in [-0.25, -0.2) is 19.5 Å². The fourth-order valence-corrected chi connectivity index (χ4v) is 8.95. The zero-order chi connectivity index (χ0) is 53.9. The minimum atomic E-state index is -4.57. The Labute approximate surface area is 436 Å². The van der Waals surface area contributed by atoms with Crippen LogP contribution in [0, 0.1) is 0 Å². The second-order valence-electron chi connectivity index (χ2n) is 17.7. The monoisotopic (exact) mass is 1030 g/mol. The molecule has 17 heteroatoms. The number of carbonyl (C=O) groups excluding carboxylic acids is 4. The van der Waals surface area contributed by atoms with E-state index in [1.807, 2.05) is 73.3 Å². The summed E-state index contributed by atoms with van der Waals surface area (Å²) in [7, 11) is 1.59. The molecule has 2 heterocycles. The Kier molecular flexibility index (Phi) is 20.9. The van der Waals surface area contributed by atoms with Crippen molar-refractivity contribution in [3.05, 3.63) is 202 Å². The van der Waals surface area contributed by atoms with Crippen molar-refractivity contribution >= 4 is 35.3 Å². The number of carbonyl (C=O) groups is 4. The third-order valence-corrected chi connectivity index (χ3v) is 13.0. The summed E-state index contributed by atoms with van der Waals surface area (Å²) in [6.45, 7) is 11.8. The summed E-state index contributed by atoms with van der Waals surface area (Å²) in [5, 5.41) is 11.5. The number of hydrogen-bond donors (Lipinski definition) is 3. The summed E-state index contributed by atoms with van der Waals surface area (Å²) < 4.78 is 54.0. The van der Waals surface area contributed by atoms with Gasteiger partial charge in [0, 0.05) is 81.9 Å². The highest BCUT2D eigenvalue weighted by atomic mass is 19.4. The van der Waals surface area contributed by atoms with Gasteiger partial charge in [-0.05, 0) is 89.0 Å². The molecule has 0 bridgehead atoms. The van der Waals surface area contributed by atoms with Crippen LogP contribution in [-0.4, -0.2) is 115 Å². The van der Waals surface area contributed by atoms with Crippen LogP contribution >= 0.6 is 0 Å². The number of hydrogen-bond acceptors (Lipinski definition) is 7. The van der Waals surface area contributed by atoms with Gasteiger partial charge in [-0.1, -0.05) is 124 Å². The molecule has 396 valence electrons. The number of piperazine rings is 2. The van der Waals surface area contributed by atoms with Crippen molar-refractivity contribution < 1.29 is 41.9 Å². The lowest BCUT2D eigenvalue weighted by Crippen LogP contribution is -2.53. The summed E-state index contributed by atoms with van der Waals surface area (Å²) in [6, 6.07) is 44.9. The molecule has 0 spiro atoms. The summed E-state index contributed by atoms with van der Waals surface area (Å²) in [4.78, 5) is 62.0. The van der Waals surface area contributed by atoms with Gasteiger partial charge in [-0.2, -0.15) is 13.2 Å². The van der Waals surface area contributed by atoms with E-state index in [9.17, 15) is 36.7 Å². The van der Waals surface area contributed by atoms with E-state index in [0.717, 1.165) is 48.5 Å². The van der Waals surface area contributed by atoms with Gasteiger partial charge in [0.1, 0.15) is 6.67 Å². The Morgan fingerprint density at radius 2 is 1.03 bits per heavy atom. The first-order chi connectivity index (χ1) is 36.3. The van der Waals surface area contributed by atoms with Crippen LogP contribution in [0.1, 0.15) is 80.9 Å². The van der Waals surface area contributed by atoms with E-state index in [1.54, 1.807) is 64.8 Å². The van der Waals surface area contributed by atoms with Crippen LogP contribution in [0.3, 0.4) is 0 Å². The third kappa shape index (κ3) is 15.2. The second-order valence-corrected chi connectivity index (χ2v) is 17.7. The molecule has 2 saturated heterocycles. The number of hydroxylamine groups is 1. The average molecular weight is 1030 g/mol. The first-order valence-electron chi connectivity index (χ1n) is 25.2. The number of halogens is 4. The first-order valence-corrected chi connectivity index (χ1v) is 25.2. The van der Waals surface area contributed by atoms with Crippen molar-refractivity contribution in [2.75, 3.05) is 75.8 Å². The van der Waals surface area contributed by atoms with E-state index in [-0.39, 0.29) is 35.8 Å². The lowest BCUT2D eigenvalue weighted by Gasteiger charge is -2.41. The predicted molar refractivity (Wildman–Crippen MR) is 284 cm³/mol. The molecule has 2 aliphatic heterocycles. The quantitative estimate of drug-likeness (QED) is 0.0596. The van der Waals surface area contributed by atoms with Gasteiger partial charge in [-0.3, -0.25) is 29.5 Å². The Morgan fingerprint density at radius 1 is 0.573 bits per heavy atom. The largest absolute Gasteiger partial charge is 0.416 e. The van der Waals surface area contributed by atoms with Crippen molar-refractivity contribution in [2.24, 2.45) is 0 Å². The van der Waals surface area contributed by atoms with E-state index in [4.69, 9.17) is 5.21 Å². The number of urea groups is 2. The van der Waals surface area contributed by atoms with Crippen LogP contribution in [0.2, 0.25) is 0 Å². The number of likely N-dealkylation sites (N-methyl/N-ethyl adjacent to an activating group) is 1. The molecule has 0 saturated carbocycles. The third-order valence-electron chi connectivity index (χ3n) is 13.0. The molecule has 2 fully saturated rings. The summed E-state index contributed by atoms with van der Waals surface area (Å²) in [5.41, 5.74) is 6.57. The molecule has 6 aromatic carbocycles. The second kappa shape index (κ2) is 27.6. The van der Waals surface area contributed by atoms with Crippen molar-refractivity contribution in [1.29, 1.82) is 0 Å². The Balaban J connectivity index is 0.000000251. The highest BCUT2D eigenvalue weighted by Crippen LogP contribution is 2.34. The molecule has 0 radical (unpaired) electrons. The number of amides is 6.